The third-order valence-corrected chi connectivity index (χ3v) is 4.37. The Bertz CT molecular complexity index is 774. The summed E-state index contributed by atoms with van der Waals surface area (Å²) in [5.74, 6) is 0.221. The smallest absolute Gasteiger partial charge is 0.272 e. The van der Waals surface area contributed by atoms with E-state index in [9.17, 15) is 9.59 Å². The minimum atomic E-state index is -0.149. The second-order valence-corrected chi connectivity index (χ2v) is 6.08. The molecule has 0 saturated carbocycles. The highest BCUT2D eigenvalue weighted by Gasteiger charge is 2.27. The van der Waals surface area contributed by atoms with E-state index in [1.165, 1.54) is 7.11 Å². The fourth-order valence-electron chi connectivity index (χ4n) is 2.78. The number of carbonyl (C=O) groups is 2. The van der Waals surface area contributed by atoms with Gasteiger partial charge < -0.3 is 14.5 Å². The van der Waals surface area contributed by atoms with E-state index in [4.69, 9.17) is 16.3 Å². The maximum Gasteiger partial charge on any atom is 0.272 e. The predicted octanol–water partition coefficient (Wildman–Crippen LogP) is 2.34. The van der Waals surface area contributed by atoms with Crippen LogP contribution in [0.1, 0.15) is 20.8 Å². The SMILES string of the molecule is COc1ccc(Cl)cc1C(=O)N1CCN(C(=O)c2ccccn2)CC1. The van der Waals surface area contributed by atoms with Crippen molar-refractivity contribution in [3.05, 3.63) is 58.9 Å². The topological polar surface area (TPSA) is 62.7 Å². The van der Waals surface area contributed by atoms with E-state index in [1.807, 2.05) is 0 Å². The van der Waals surface area contributed by atoms with Crippen LogP contribution >= 0.6 is 11.6 Å². The molecule has 1 saturated heterocycles. The van der Waals surface area contributed by atoms with Crippen molar-refractivity contribution in [2.45, 2.75) is 0 Å². The number of pyridine rings is 1. The summed E-state index contributed by atoms with van der Waals surface area (Å²) in [6.07, 6.45) is 1.60. The van der Waals surface area contributed by atoms with Gasteiger partial charge in [-0.3, -0.25) is 14.6 Å². The van der Waals surface area contributed by atoms with Crippen LogP contribution in [0.15, 0.2) is 42.6 Å². The third-order valence-electron chi connectivity index (χ3n) is 4.13. The zero-order valence-corrected chi connectivity index (χ0v) is 14.6. The van der Waals surface area contributed by atoms with Crippen LogP contribution in [0.4, 0.5) is 0 Å². The van der Waals surface area contributed by atoms with E-state index in [1.54, 1.807) is 52.4 Å². The number of amides is 2. The zero-order valence-electron chi connectivity index (χ0n) is 13.8. The Morgan fingerprint density at radius 2 is 1.72 bits per heavy atom. The summed E-state index contributed by atoms with van der Waals surface area (Å²) in [6.45, 7) is 1.83. The molecule has 3 rings (SSSR count). The number of ether oxygens (including phenoxy) is 1. The second kappa shape index (κ2) is 7.53. The Morgan fingerprint density at radius 3 is 2.32 bits per heavy atom. The summed E-state index contributed by atoms with van der Waals surface area (Å²) in [7, 11) is 1.52. The van der Waals surface area contributed by atoms with Crippen LogP contribution in [0.3, 0.4) is 0 Å². The molecule has 1 aliphatic heterocycles. The second-order valence-electron chi connectivity index (χ2n) is 5.64. The lowest BCUT2D eigenvalue weighted by atomic mass is 10.1. The van der Waals surface area contributed by atoms with E-state index >= 15 is 0 Å². The summed E-state index contributed by atoms with van der Waals surface area (Å²) in [5.41, 5.74) is 0.846. The number of nitrogens with zero attached hydrogens (tertiary/aromatic N) is 3. The third kappa shape index (κ3) is 3.74. The van der Waals surface area contributed by atoms with Crippen molar-refractivity contribution in [3.63, 3.8) is 0 Å². The minimum Gasteiger partial charge on any atom is -0.496 e. The van der Waals surface area contributed by atoms with E-state index in [0.717, 1.165) is 0 Å². The van der Waals surface area contributed by atoms with Crippen LogP contribution in [0, 0.1) is 0 Å². The zero-order chi connectivity index (χ0) is 17.8. The molecular weight excluding hydrogens is 342 g/mol. The molecule has 0 atom stereocenters. The molecule has 0 bridgehead atoms. The average molecular weight is 360 g/mol. The molecule has 130 valence electrons. The average Bonchev–Trinajstić information content (AvgIpc) is 2.67. The van der Waals surface area contributed by atoms with Crippen LogP contribution in [-0.2, 0) is 0 Å². The van der Waals surface area contributed by atoms with Crippen LogP contribution in [0.25, 0.3) is 0 Å². The molecule has 2 amide bonds. The lowest BCUT2D eigenvalue weighted by Crippen LogP contribution is -2.50. The van der Waals surface area contributed by atoms with Crippen molar-refractivity contribution < 1.29 is 14.3 Å². The van der Waals surface area contributed by atoms with Crippen LogP contribution < -0.4 is 4.74 Å². The maximum atomic E-state index is 12.7. The van der Waals surface area contributed by atoms with Gasteiger partial charge in [-0.15, -0.1) is 0 Å². The molecule has 0 aliphatic carbocycles. The van der Waals surface area contributed by atoms with Gasteiger partial charge in [-0.2, -0.15) is 0 Å². The van der Waals surface area contributed by atoms with Crippen molar-refractivity contribution in [1.29, 1.82) is 0 Å². The number of piperazine rings is 1. The molecule has 0 unspecified atom stereocenters. The molecular formula is C18H18ClN3O3. The summed E-state index contributed by atoms with van der Waals surface area (Å²) >= 11 is 6.00. The molecule has 6 nitrogen and oxygen atoms in total. The van der Waals surface area contributed by atoms with Gasteiger partial charge in [-0.25, -0.2) is 0 Å². The van der Waals surface area contributed by atoms with Gasteiger partial charge >= 0.3 is 0 Å². The number of hydrogen-bond donors (Lipinski definition) is 0. The van der Waals surface area contributed by atoms with E-state index in [0.29, 0.717) is 48.2 Å². The molecule has 1 aromatic heterocycles. The minimum absolute atomic E-state index is 0.118. The number of hydrogen-bond acceptors (Lipinski definition) is 4. The highest BCUT2D eigenvalue weighted by atomic mass is 35.5. The Kier molecular flexibility index (Phi) is 5.19. The van der Waals surface area contributed by atoms with Crippen molar-refractivity contribution in [2.24, 2.45) is 0 Å². The van der Waals surface area contributed by atoms with Gasteiger partial charge in [0.15, 0.2) is 0 Å². The Balaban J connectivity index is 1.67. The van der Waals surface area contributed by atoms with Crippen LogP contribution in [0.5, 0.6) is 5.75 Å². The first-order chi connectivity index (χ1) is 12.1. The van der Waals surface area contributed by atoms with Crippen molar-refractivity contribution in [2.75, 3.05) is 33.3 Å². The van der Waals surface area contributed by atoms with Crippen molar-refractivity contribution >= 4 is 23.4 Å². The molecule has 2 heterocycles. The van der Waals surface area contributed by atoms with E-state index < -0.39 is 0 Å². The standard InChI is InChI=1S/C18H18ClN3O3/c1-25-16-6-5-13(19)12-14(16)17(23)21-8-10-22(11-9-21)18(24)15-4-2-3-7-20-15/h2-7,12H,8-11H2,1H3. The molecule has 1 fully saturated rings. The maximum absolute atomic E-state index is 12.7. The first-order valence-electron chi connectivity index (χ1n) is 7.93. The highest BCUT2D eigenvalue weighted by molar-refractivity contribution is 6.31. The summed E-state index contributed by atoms with van der Waals surface area (Å²) < 4.78 is 5.25. The monoisotopic (exact) mass is 359 g/mol. The molecule has 0 spiro atoms. The molecule has 2 aromatic rings. The molecule has 1 aromatic carbocycles. The number of halogens is 1. The Morgan fingerprint density at radius 1 is 1.04 bits per heavy atom. The number of benzene rings is 1. The largest absolute Gasteiger partial charge is 0.496 e. The normalized spacial score (nSPS) is 14.3. The summed E-state index contributed by atoms with van der Waals surface area (Å²) in [6, 6.07) is 10.2. The molecule has 7 heteroatoms. The van der Waals surface area contributed by atoms with Crippen LogP contribution in [-0.4, -0.2) is 59.9 Å². The van der Waals surface area contributed by atoms with Gasteiger partial charge in [0, 0.05) is 37.4 Å². The molecule has 0 N–H and O–H groups in total. The Labute approximate surface area is 151 Å². The fourth-order valence-corrected chi connectivity index (χ4v) is 2.95. The number of rotatable bonds is 3. The molecule has 25 heavy (non-hydrogen) atoms. The van der Waals surface area contributed by atoms with Crippen molar-refractivity contribution in [3.8, 4) is 5.75 Å². The fraction of sp³-hybridized carbons (Fsp3) is 0.278. The number of carbonyl (C=O) groups excluding carboxylic acids is 2. The van der Waals surface area contributed by atoms with Gasteiger partial charge in [0.05, 0.1) is 12.7 Å². The van der Waals surface area contributed by atoms with Gasteiger partial charge in [0.25, 0.3) is 11.8 Å². The van der Waals surface area contributed by atoms with Gasteiger partial charge in [-0.1, -0.05) is 17.7 Å². The van der Waals surface area contributed by atoms with Crippen LogP contribution in [0.2, 0.25) is 5.02 Å². The van der Waals surface area contributed by atoms with Crippen molar-refractivity contribution in [1.82, 2.24) is 14.8 Å². The first kappa shape index (κ1) is 17.2. The first-order valence-corrected chi connectivity index (χ1v) is 8.31. The lowest BCUT2D eigenvalue weighted by molar-refractivity contribution is 0.0530. The van der Waals surface area contributed by atoms with Gasteiger partial charge in [0.1, 0.15) is 11.4 Å². The Hall–Kier alpha value is -2.60. The number of aromatic nitrogens is 1. The van der Waals surface area contributed by atoms with Gasteiger partial charge in [-0.05, 0) is 30.3 Å². The predicted molar refractivity (Wildman–Crippen MR) is 94.0 cm³/mol. The summed E-state index contributed by atoms with van der Waals surface area (Å²) in [4.78, 5) is 32.7. The lowest BCUT2D eigenvalue weighted by Gasteiger charge is -2.34. The van der Waals surface area contributed by atoms with E-state index in [-0.39, 0.29) is 11.8 Å². The number of methoxy groups -OCH3 is 1. The summed E-state index contributed by atoms with van der Waals surface area (Å²) in [5, 5.41) is 0.480. The van der Waals surface area contributed by atoms with Gasteiger partial charge in [0.2, 0.25) is 0 Å². The molecule has 0 radical (unpaired) electrons. The highest BCUT2D eigenvalue weighted by Crippen LogP contribution is 2.24. The van der Waals surface area contributed by atoms with E-state index in [2.05, 4.69) is 4.98 Å². The quantitative estimate of drug-likeness (QED) is 0.843. The molecule has 1 aliphatic rings.